The van der Waals surface area contributed by atoms with Gasteiger partial charge in [0.25, 0.3) is 5.91 Å². The predicted molar refractivity (Wildman–Crippen MR) is 111 cm³/mol. The number of nitrogens with zero attached hydrogens (tertiary/aromatic N) is 2. The Morgan fingerprint density at radius 2 is 1.93 bits per heavy atom. The summed E-state index contributed by atoms with van der Waals surface area (Å²) in [4.78, 5) is 17.5. The second-order valence-corrected chi connectivity index (χ2v) is 6.51. The maximum absolute atomic E-state index is 12.8. The Bertz CT molecular complexity index is 1110. The number of carbonyl (C=O) groups excluding carboxylic acids is 1. The molecule has 0 fully saturated rings. The number of carbonyl (C=O) groups is 1. The number of rotatable bonds is 5. The van der Waals surface area contributed by atoms with Gasteiger partial charge < -0.3 is 14.5 Å². The molecule has 5 heteroatoms. The molecule has 0 aliphatic heterocycles. The van der Waals surface area contributed by atoms with E-state index < -0.39 is 0 Å². The number of hydrogen-bond donors (Lipinski definition) is 1. The van der Waals surface area contributed by atoms with Crippen LogP contribution in [0.5, 0.6) is 5.75 Å². The second kappa shape index (κ2) is 7.56. The number of aryl methyl sites for hydroxylation is 1. The molecule has 0 saturated carbocycles. The highest BCUT2D eigenvalue weighted by Crippen LogP contribution is 2.27. The summed E-state index contributed by atoms with van der Waals surface area (Å²) in [7, 11) is 0. The zero-order valence-electron chi connectivity index (χ0n) is 15.8. The SMILES string of the molecule is CCOc1ccccc1C(=O)Nc1cc(-c2cn3ccccc3n2)ccc1C. The first kappa shape index (κ1) is 17.8. The monoisotopic (exact) mass is 371 g/mol. The number of ether oxygens (including phenoxy) is 1. The van der Waals surface area contributed by atoms with Crippen molar-refractivity contribution in [1.29, 1.82) is 0 Å². The third-order valence-electron chi connectivity index (χ3n) is 4.58. The van der Waals surface area contributed by atoms with Crippen LogP contribution in [0.2, 0.25) is 0 Å². The van der Waals surface area contributed by atoms with Crippen LogP contribution >= 0.6 is 0 Å². The zero-order valence-corrected chi connectivity index (χ0v) is 15.8. The third kappa shape index (κ3) is 3.47. The molecule has 4 aromatic rings. The molecule has 4 rings (SSSR count). The first-order valence-electron chi connectivity index (χ1n) is 9.23. The molecule has 2 aromatic heterocycles. The number of amides is 1. The van der Waals surface area contributed by atoms with Crippen molar-refractivity contribution in [2.45, 2.75) is 13.8 Å². The molecule has 0 aliphatic rings. The van der Waals surface area contributed by atoms with Gasteiger partial charge in [-0.3, -0.25) is 4.79 Å². The molecule has 28 heavy (non-hydrogen) atoms. The molecule has 0 aliphatic carbocycles. The first-order valence-corrected chi connectivity index (χ1v) is 9.23. The van der Waals surface area contributed by atoms with Crippen LogP contribution in [-0.2, 0) is 0 Å². The maximum Gasteiger partial charge on any atom is 0.259 e. The molecule has 1 N–H and O–H groups in total. The Morgan fingerprint density at radius 3 is 2.75 bits per heavy atom. The van der Waals surface area contributed by atoms with Crippen LogP contribution < -0.4 is 10.1 Å². The van der Waals surface area contributed by atoms with Crippen LogP contribution in [0.15, 0.2) is 73.1 Å². The number of imidazole rings is 1. The lowest BCUT2D eigenvalue weighted by Crippen LogP contribution is -2.14. The average Bonchev–Trinajstić information content (AvgIpc) is 3.14. The van der Waals surface area contributed by atoms with Crippen LogP contribution in [0.3, 0.4) is 0 Å². The van der Waals surface area contributed by atoms with Gasteiger partial charge in [0.15, 0.2) is 0 Å². The van der Waals surface area contributed by atoms with E-state index in [2.05, 4.69) is 10.3 Å². The van der Waals surface area contributed by atoms with E-state index in [1.165, 1.54) is 0 Å². The highest BCUT2D eigenvalue weighted by atomic mass is 16.5. The summed E-state index contributed by atoms with van der Waals surface area (Å²) < 4.78 is 7.56. The van der Waals surface area contributed by atoms with Crippen molar-refractivity contribution in [3.8, 4) is 17.0 Å². The van der Waals surface area contributed by atoms with Crippen LogP contribution in [0.1, 0.15) is 22.8 Å². The van der Waals surface area contributed by atoms with Crippen LogP contribution in [0.4, 0.5) is 5.69 Å². The Balaban J connectivity index is 1.65. The Hall–Kier alpha value is -3.60. The molecular weight excluding hydrogens is 350 g/mol. The molecule has 0 spiro atoms. The number of fused-ring (bicyclic) bond motifs is 1. The van der Waals surface area contributed by atoms with E-state index in [0.29, 0.717) is 17.9 Å². The third-order valence-corrected chi connectivity index (χ3v) is 4.58. The van der Waals surface area contributed by atoms with Gasteiger partial charge in [-0.15, -0.1) is 0 Å². The molecular formula is C23H21N3O2. The zero-order chi connectivity index (χ0) is 19.5. The van der Waals surface area contributed by atoms with Gasteiger partial charge in [0.2, 0.25) is 0 Å². The second-order valence-electron chi connectivity index (χ2n) is 6.51. The summed E-state index contributed by atoms with van der Waals surface area (Å²) >= 11 is 0. The normalized spacial score (nSPS) is 10.8. The lowest BCUT2D eigenvalue weighted by Gasteiger charge is -2.13. The number of para-hydroxylation sites is 1. The van der Waals surface area contributed by atoms with E-state index >= 15 is 0 Å². The highest BCUT2D eigenvalue weighted by molar-refractivity contribution is 6.06. The predicted octanol–water partition coefficient (Wildman–Crippen LogP) is 4.96. The number of hydrogen-bond acceptors (Lipinski definition) is 3. The average molecular weight is 371 g/mol. The quantitative estimate of drug-likeness (QED) is 0.539. The summed E-state index contributed by atoms with van der Waals surface area (Å²) in [5.41, 5.74) is 4.94. The summed E-state index contributed by atoms with van der Waals surface area (Å²) in [6.07, 6.45) is 3.95. The van der Waals surface area contributed by atoms with E-state index in [9.17, 15) is 4.79 Å². The fourth-order valence-electron chi connectivity index (χ4n) is 3.11. The number of pyridine rings is 1. The van der Waals surface area contributed by atoms with E-state index in [0.717, 1.165) is 28.2 Å². The van der Waals surface area contributed by atoms with Gasteiger partial charge in [-0.1, -0.05) is 30.3 Å². The Labute approximate surface area is 163 Å². The largest absolute Gasteiger partial charge is 0.493 e. The lowest BCUT2D eigenvalue weighted by atomic mass is 10.1. The number of nitrogens with one attached hydrogen (secondary N) is 1. The Morgan fingerprint density at radius 1 is 1.11 bits per heavy atom. The fourth-order valence-corrected chi connectivity index (χ4v) is 3.11. The lowest BCUT2D eigenvalue weighted by molar-refractivity contribution is 0.102. The van der Waals surface area contributed by atoms with Gasteiger partial charge in [0.05, 0.1) is 17.9 Å². The summed E-state index contributed by atoms with van der Waals surface area (Å²) in [6, 6.07) is 19.1. The van der Waals surface area contributed by atoms with E-state index in [4.69, 9.17) is 4.74 Å². The first-order chi connectivity index (χ1) is 13.7. The van der Waals surface area contributed by atoms with Gasteiger partial charge in [0, 0.05) is 23.6 Å². The van der Waals surface area contributed by atoms with Crippen molar-refractivity contribution in [3.63, 3.8) is 0 Å². The van der Waals surface area contributed by atoms with Crippen molar-refractivity contribution in [2.75, 3.05) is 11.9 Å². The van der Waals surface area contributed by atoms with Gasteiger partial charge in [-0.25, -0.2) is 4.98 Å². The molecule has 0 atom stereocenters. The summed E-state index contributed by atoms with van der Waals surface area (Å²) in [5, 5.41) is 3.02. The van der Waals surface area contributed by atoms with Crippen molar-refractivity contribution in [1.82, 2.24) is 9.38 Å². The molecule has 2 heterocycles. The molecule has 1 amide bonds. The fraction of sp³-hybridized carbons (Fsp3) is 0.130. The minimum atomic E-state index is -0.195. The van der Waals surface area contributed by atoms with Gasteiger partial charge >= 0.3 is 0 Å². The van der Waals surface area contributed by atoms with Crippen molar-refractivity contribution < 1.29 is 9.53 Å². The molecule has 5 nitrogen and oxygen atoms in total. The highest BCUT2D eigenvalue weighted by Gasteiger charge is 2.14. The molecule has 0 unspecified atom stereocenters. The summed E-state index contributed by atoms with van der Waals surface area (Å²) in [5.74, 6) is 0.385. The van der Waals surface area contributed by atoms with Crippen LogP contribution in [0, 0.1) is 6.92 Å². The van der Waals surface area contributed by atoms with E-state index in [1.54, 1.807) is 12.1 Å². The number of aromatic nitrogens is 2. The number of anilines is 1. The Kier molecular flexibility index (Phi) is 4.81. The molecule has 0 saturated heterocycles. The van der Waals surface area contributed by atoms with Crippen molar-refractivity contribution >= 4 is 17.2 Å². The van der Waals surface area contributed by atoms with Gasteiger partial charge in [-0.2, -0.15) is 0 Å². The van der Waals surface area contributed by atoms with Crippen LogP contribution in [0.25, 0.3) is 16.9 Å². The topological polar surface area (TPSA) is 55.6 Å². The van der Waals surface area contributed by atoms with Crippen molar-refractivity contribution in [2.24, 2.45) is 0 Å². The molecule has 2 aromatic carbocycles. The standard InChI is InChI=1S/C23H21N3O2/c1-3-28-21-9-5-4-8-18(21)23(27)25-19-14-17(12-11-16(19)2)20-15-26-13-7-6-10-22(26)24-20/h4-15H,3H2,1-2H3,(H,25,27). The van der Waals surface area contributed by atoms with Crippen LogP contribution in [-0.4, -0.2) is 21.9 Å². The van der Waals surface area contributed by atoms with Crippen molar-refractivity contribution in [3.05, 3.63) is 84.2 Å². The van der Waals surface area contributed by atoms with Gasteiger partial charge in [0.1, 0.15) is 11.4 Å². The van der Waals surface area contributed by atoms with Gasteiger partial charge in [-0.05, 0) is 49.7 Å². The van der Waals surface area contributed by atoms with E-state index in [-0.39, 0.29) is 5.91 Å². The summed E-state index contributed by atoms with van der Waals surface area (Å²) in [6.45, 7) is 4.38. The van der Waals surface area contributed by atoms with E-state index in [1.807, 2.05) is 79.2 Å². The maximum atomic E-state index is 12.8. The molecule has 0 radical (unpaired) electrons. The smallest absolute Gasteiger partial charge is 0.259 e. The molecule has 0 bridgehead atoms. The minimum absolute atomic E-state index is 0.195. The number of benzene rings is 2. The minimum Gasteiger partial charge on any atom is -0.493 e. The molecule has 140 valence electrons.